The Labute approximate surface area is 111 Å². The average Bonchev–Trinajstić information content (AvgIpc) is 2.78. The van der Waals surface area contributed by atoms with E-state index in [0.717, 1.165) is 11.7 Å². The van der Waals surface area contributed by atoms with Gasteiger partial charge in [0.05, 0.1) is 25.4 Å². The monoisotopic (exact) mass is 270 g/mol. The Morgan fingerprint density at radius 1 is 1.67 bits per heavy atom. The van der Waals surface area contributed by atoms with Crippen LogP contribution in [0.5, 0.6) is 0 Å². The molecule has 100 valence electrons. The highest BCUT2D eigenvalue weighted by Crippen LogP contribution is 2.29. The Morgan fingerprint density at radius 2 is 2.44 bits per heavy atom. The van der Waals surface area contributed by atoms with Gasteiger partial charge < -0.3 is 14.4 Å². The van der Waals surface area contributed by atoms with Crippen LogP contribution in [0.25, 0.3) is 0 Å². The van der Waals surface area contributed by atoms with Crippen molar-refractivity contribution in [2.75, 3.05) is 31.3 Å². The molecule has 1 aliphatic heterocycles. The van der Waals surface area contributed by atoms with Gasteiger partial charge in [0.15, 0.2) is 10.8 Å². The molecule has 0 aromatic carbocycles. The second-order valence-electron chi connectivity index (χ2n) is 4.75. The van der Waals surface area contributed by atoms with Crippen LogP contribution in [0, 0.1) is 0 Å². The summed E-state index contributed by atoms with van der Waals surface area (Å²) in [5.41, 5.74) is 0.293. The van der Waals surface area contributed by atoms with E-state index in [1.165, 1.54) is 11.3 Å². The highest BCUT2D eigenvalue weighted by Gasteiger charge is 2.32. The average molecular weight is 270 g/mol. The fourth-order valence-electron chi connectivity index (χ4n) is 1.90. The number of carbonyl (C=O) groups excluding carboxylic acids is 1. The number of hydrogen-bond donors (Lipinski definition) is 0. The summed E-state index contributed by atoms with van der Waals surface area (Å²) >= 11 is 1.47. The maximum atomic E-state index is 11.6. The first-order chi connectivity index (χ1) is 8.54. The highest BCUT2D eigenvalue weighted by atomic mass is 32.1. The summed E-state index contributed by atoms with van der Waals surface area (Å²) in [4.78, 5) is 18.1. The van der Waals surface area contributed by atoms with Gasteiger partial charge >= 0.3 is 5.97 Å². The van der Waals surface area contributed by atoms with Gasteiger partial charge in [0, 0.05) is 11.9 Å². The molecule has 1 aliphatic rings. The van der Waals surface area contributed by atoms with Crippen molar-refractivity contribution < 1.29 is 14.3 Å². The van der Waals surface area contributed by atoms with E-state index in [1.54, 1.807) is 12.3 Å². The van der Waals surface area contributed by atoms with Crippen molar-refractivity contribution in [1.82, 2.24) is 4.98 Å². The molecule has 6 heteroatoms. The summed E-state index contributed by atoms with van der Waals surface area (Å²) in [5, 5.41) is 2.60. The van der Waals surface area contributed by atoms with Gasteiger partial charge in [-0.05, 0) is 20.8 Å². The second-order valence-corrected chi connectivity index (χ2v) is 5.59. The number of rotatable bonds is 3. The number of anilines is 1. The quantitative estimate of drug-likeness (QED) is 0.786. The molecule has 1 aromatic heterocycles. The van der Waals surface area contributed by atoms with Crippen molar-refractivity contribution in [2.45, 2.75) is 26.3 Å². The molecule has 0 aliphatic carbocycles. The number of thiazole rings is 1. The van der Waals surface area contributed by atoms with Gasteiger partial charge in [0.1, 0.15) is 0 Å². The Hall–Kier alpha value is -1.14. The minimum absolute atomic E-state index is 0.0952. The zero-order valence-corrected chi connectivity index (χ0v) is 11.7. The van der Waals surface area contributed by atoms with Gasteiger partial charge in [-0.15, -0.1) is 11.3 Å². The largest absolute Gasteiger partial charge is 0.461 e. The molecule has 0 unspecified atom stereocenters. The molecule has 0 amide bonds. The Morgan fingerprint density at radius 3 is 3.11 bits per heavy atom. The summed E-state index contributed by atoms with van der Waals surface area (Å²) in [6.07, 6.45) is 0. The van der Waals surface area contributed by atoms with Crippen LogP contribution < -0.4 is 4.90 Å². The first-order valence-corrected chi connectivity index (χ1v) is 6.90. The minimum Gasteiger partial charge on any atom is -0.461 e. The van der Waals surface area contributed by atoms with Crippen LogP contribution in [0.15, 0.2) is 5.38 Å². The Balaban J connectivity index is 2.16. The first-order valence-electron chi connectivity index (χ1n) is 6.02. The molecule has 0 spiro atoms. The lowest BCUT2D eigenvalue weighted by molar-refractivity contribution is 0.0519. The summed E-state index contributed by atoms with van der Waals surface area (Å²) in [6, 6.07) is 0. The maximum absolute atomic E-state index is 11.6. The summed E-state index contributed by atoms with van der Waals surface area (Å²) in [6.45, 7) is 8.53. The predicted octanol–water partition coefficient (Wildman–Crippen LogP) is 1.94. The predicted molar refractivity (Wildman–Crippen MR) is 70.3 cm³/mol. The number of nitrogens with zero attached hydrogens (tertiary/aromatic N) is 2. The SMILES string of the molecule is CCOC(=O)c1csc(N2CCOCC2(C)C)n1. The molecule has 0 radical (unpaired) electrons. The van der Waals surface area contributed by atoms with Gasteiger partial charge in [0.2, 0.25) is 0 Å². The van der Waals surface area contributed by atoms with Gasteiger partial charge in [-0.1, -0.05) is 0 Å². The number of hydrogen-bond acceptors (Lipinski definition) is 6. The number of ether oxygens (including phenoxy) is 2. The number of aromatic nitrogens is 1. The van der Waals surface area contributed by atoms with Crippen molar-refractivity contribution in [2.24, 2.45) is 0 Å². The van der Waals surface area contributed by atoms with Crippen molar-refractivity contribution >= 4 is 22.4 Å². The molecule has 0 N–H and O–H groups in total. The van der Waals surface area contributed by atoms with Gasteiger partial charge in [0.25, 0.3) is 0 Å². The molecule has 0 bridgehead atoms. The smallest absolute Gasteiger partial charge is 0.357 e. The number of carbonyl (C=O) groups is 1. The van der Waals surface area contributed by atoms with Gasteiger partial charge in [-0.2, -0.15) is 0 Å². The van der Waals surface area contributed by atoms with E-state index < -0.39 is 0 Å². The standard InChI is InChI=1S/C12H18N2O3S/c1-4-17-10(15)9-7-18-11(13-9)14-5-6-16-8-12(14,2)3/h7H,4-6,8H2,1-3H3. The fourth-order valence-corrected chi connectivity index (χ4v) is 2.88. The lowest BCUT2D eigenvalue weighted by Gasteiger charge is -2.41. The van der Waals surface area contributed by atoms with Crippen LogP contribution >= 0.6 is 11.3 Å². The molecule has 1 aromatic rings. The number of morpholine rings is 1. The Bertz CT molecular complexity index is 431. The van der Waals surface area contributed by atoms with E-state index in [4.69, 9.17) is 9.47 Å². The molecule has 0 saturated carbocycles. The van der Waals surface area contributed by atoms with Crippen LogP contribution in [0.1, 0.15) is 31.3 Å². The molecule has 18 heavy (non-hydrogen) atoms. The zero-order chi connectivity index (χ0) is 13.2. The third-order valence-corrected chi connectivity index (χ3v) is 3.72. The van der Waals surface area contributed by atoms with Crippen molar-refractivity contribution in [3.8, 4) is 0 Å². The highest BCUT2D eigenvalue weighted by molar-refractivity contribution is 7.14. The zero-order valence-electron chi connectivity index (χ0n) is 10.9. The van der Waals surface area contributed by atoms with Crippen LogP contribution in [0.4, 0.5) is 5.13 Å². The van der Waals surface area contributed by atoms with Crippen LogP contribution in [0.3, 0.4) is 0 Å². The molecule has 2 heterocycles. The van der Waals surface area contributed by atoms with E-state index in [-0.39, 0.29) is 11.5 Å². The van der Waals surface area contributed by atoms with Gasteiger partial charge in [-0.3, -0.25) is 0 Å². The van der Waals surface area contributed by atoms with E-state index >= 15 is 0 Å². The third kappa shape index (κ3) is 2.64. The lowest BCUT2D eigenvalue weighted by atomic mass is 10.0. The maximum Gasteiger partial charge on any atom is 0.357 e. The van der Waals surface area contributed by atoms with Gasteiger partial charge in [-0.25, -0.2) is 9.78 Å². The lowest BCUT2D eigenvalue weighted by Crippen LogP contribution is -2.53. The molecule has 2 rings (SSSR count). The fraction of sp³-hybridized carbons (Fsp3) is 0.667. The van der Waals surface area contributed by atoms with Crippen molar-refractivity contribution in [3.05, 3.63) is 11.1 Å². The van der Waals surface area contributed by atoms with Crippen LogP contribution in [-0.2, 0) is 9.47 Å². The molecular weight excluding hydrogens is 252 g/mol. The first kappa shape index (κ1) is 13.3. The van der Waals surface area contributed by atoms with Crippen LogP contribution in [-0.4, -0.2) is 42.9 Å². The topological polar surface area (TPSA) is 51.7 Å². The molecule has 1 fully saturated rings. The third-order valence-electron chi connectivity index (χ3n) is 2.85. The Kier molecular flexibility index (Phi) is 3.87. The summed E-state index contributed by atoms with van der Waals surface area (Å²) in [7, 11) is 0. The van der Waals surface area contributed by atoms with Crippen molar-refractivity contribution in [1.29, 1.82) is 0 Å². The van der Waals surface area contributed by atoms with Crippen molar-refractivity contribution in [3.63, 3.8) is 0 Å². The minimum atomic E-state index is -0.355. The van der Waals surface area contributed by atoms with E-state index in [1.807, 2.05) is 0 Å². The number of esters is 1. The molecule has 5 nitrogen and oxygen atoms in total. The van der Waals surface area contributed by atoms with E-state index in [2.05, 4.69) is 23.7 Å². The second kappa shape index (κ2) is 5.24. The molecule has 1 saturated heterocycles. The molecule has 0 atom stereocenters. The summed E-state index contributed by atoms with van der Waals surface area (Å²) < 4.78 is 10.4. The van der Waals surface area contributed by atoms with E-state index in [9.17, 15) is 4.79 Å². The normalized spacial score (nSPS) is 18.7. The van der Waals surface area contributed by atoms with Crippen LogP contribution in [0.2, 0.25) is 0 Å². The summed E-state index contributed by atoms with van der Waals surface area (Å²) in [5.74, 6) is -0.355. The molecular formula is C12H18N2O3S. The van der Waals surface area contributed by atoms with E-state index in [0.29, 0.717) is 25.5 Å².